The highest BCUT2D eigenvalue weighted by atomic mass is 16.5. The average molecular weight is 483 g/mol. The molecule has 0 heterocycles. The number of rotatable bonds is 8. The molecular weight excluding hydrogens is 452 g/mol. The highest BCUT2D eigenvalue weighted by Gasteiger charge is 2.22. The summed E-state index contributed by atoms with van der Waals surface area (Å²) in [7, 11) is 0. The van der Waals surface area contributed by atoms with Crippen LogP contribution in [0.1, 0.15) is 33.4 Å². The van der Waals surface area contributed by atoms with Crippen molar-refractivity contribution in [3.05, 3.63) is 149 Å². The van der Waals surface area contributed by atoms with Crippen LogP contribution in [0.3, 0.4) is 0 Å². The molecule has 0 atom stereocenters. The normalized spacial score (nSPS) is 11.7. The predicted octanol–water partition coefficient (Wildman–Crippen LogP) is 7.48. The number of aliphatic hydroxyl groups is 1. The molecule has 5 aromatic carbocycles. The van der Waals surface area contributed by atoms with Crippen LogP contribution in [-0.4, -0.2) is 18.3 Å². The Morgan fingerprint density at radius 3 is 1.81 bits per heavy atom. The van der Waals surface area contributed by atoms with Gasteiger partial charge >= 0.3 is 0 Å². The van der Waals surface area contributed by atoms with E-state index in [2.05, 4.69) is 115 Å². The third-order valence-corrected chi connectivity index (χ3v) is 7.22. The molecule has 0 saturated heterocycles. The monoisotopic (exact) mass is 482 g/mol. The first kappa shape index (κ1) is 23.3. The van der Waals surface area contributed by atoms with Crippen molar-refractivity contribution in [1.82, 2.24) is 0 Å². The summed E-state index contributed by atoms with van der Waals surface area (Å²) in [6.45, 7) is 0.265. The number of ether oxygens (including phenoxy) is 1. The van der Waals surface area contributed by atoms with Crippen LogP contribution < -0.4 is 4.74 Å². The Bertz CT molecular complexity index is 1460. The quantitative estimate of drug-likeness (QED) is 0.244. The van der Waals surface area contributed by atoms with Crippen LogP contribution in [0, 0.1) is 0 Å². The van der Waals surface area contributed by atoms with Crippen molar-refractivity contribution in [2.45, 2.75) is 19.3 Å². The van der Waals surface area contributed by atoms with Crippen LogP contribution in [0.5, 0.6) is 5.75 Å². The van der Waals surface area contributed by atoms with Crippen molar-refractivity contribution in [3.63, 3.8) is 0 Å². The van der Waals surface area contributed by atoms with Crippen molar-refractivity contribution in [2.75, 3.05) is 13.2 Å². The van der Waals surface area contributed by atoms with Gasteiger partial charge in [0.1, 0.15) is 12.4 Å². The Hall–Kier alpha value is -4.14. The molecule has 37 heavy (non-hydrogen) atoms. The summed E-state index contributed by atoms with van der Waals surface area (Å²) >= 11 is 0. The summed E-state index contributed by atoms with van der Waals surface area (Å²) in [4.78, 5) is 0. The molecule has 0 aromatic heterocycles. The highest BCUT2D eigenvalue weighted by molar-refractivity contribution is 5.85. The smallest absolute Gasteiger partial charge is 0.126 e. The minimum atomic E-state index is -0.0121. The maximum absolute atomic E-state index is 9.59. The molecule has 0 spiro atoms. The maximum Gasteiger partial charge on any atom is 0.126 e. The molecule has 6 rings (SSSR count). The molecule has 1 aliphatic carbocycles. The van der Waals surface area contributed by atoms with Gasteiger partial charge in [0.15, 0.2) is 0 Å². The summed E-state index contributed by atoms with van der Waals surface area (Å²) in [6, 6.07) is 41.1. The summed E-state index contributed by atoms with van der Waals surface area (Å²) in [6.07, 6.45) is 2.49. The summed E-state index contributed by atoms with van der Waals surface area (Å²) in [5.74, 6) is 0.890. The standard InChI is InChI=1S/C35H30O2/c36-18-19-37-35-29(20-25-10-3-1-4-11-25)22-28(23-30(35)21-26-12-5-2-6-13-26)32-16-9-17-33-31-15-8-7-14-27(31)24-34(32)33/h1-17,22-23,36H,18-21,24H2. The second-order valence-corrected chi connectivity index (χ2v) is 9.69. The molecule has 0 fully saturated rings. The summed E-state index contributed by atoms with van der Waals surface area (Å²) < 4.78 is 6.25. The minimum absolute atomic E-state index is 0.0121. The maximum atomic E-state index is 9.59. The van der Waals surface area contributed by atoms with Gasteiger partial charge in [0.05, 0.1) is 6.61 Å². The van der Waals surface area contributed by atoms with Gasteiger partial charge in [-0.15, -0.1) is 0 Å². The van der Waals surface area contributed by atoms with Gasteiger partial charge in [0.25, 0.3) is 0 Å². The van der Waals surface area contributed by atoms with Gasteiger partial charge in [0.2, 0.25) is 0 Å². The van der Waals surface area contributed by atoms with Crippen LogP contribution in [0.15, 0.2) is 115 Å². The average Bonchev–Trinajstić information content (AvgIpc) is 3.33. The van der Waals surface area contributed by atoms with Crippen molar-refractivity contribution in [2.24, 2.45) is 0 Å². The molecule has 1 N–H and O–H groups in total. The summed E-state index contributed by atoms with van der Waals surface area (Å²) in [5.41, 5.74) is 12.7. The lowest BCUT2D eigenvalue weighted by molar-refractivity contribution is 0.199. The van der Waals surface area contributed by atoms with E-state index in [0.29, 0.717) is 0 Å². The molecule has 2 nitrogen and oxygen atoms in total. The number of hydrogen-bond donors (Lipinski definition) is 1. The van der Waals surface area contributed by atoms with Gasteiger partial charge in [-0.25, -0.2) is 0 Å². The van der Waals surface area contributed by atoms with Crippen molar-refractivity contribution >= 4 is 0 Å². The third-order valence-electron chi connectivity index (χ3n) is 7.22. The Morgan fingerprint density at radius 2 is 1.16 bits per heavy atom. The molecule has 0 amide bonds. The van der Waals surface area contributed by atoms with Crippen molar-refractivity contribution in [3.8, 4) is 28.0 Å². The zero-order chi connectivity index (χ0) is 25.0. The van der Waals surface area contributed by atoms with Crippen LogP contribution in [0.4, 0.5) is 0 Å². The SMILES string of the molecule is OCCOc1c(Cc2ccccc2)cc(-c2cccc3c2Cc2ccccc2-3)cc1Cc1ccccc1. The largest absolute Gasteiger partial charge is 0.491 e. The molecule has 0 saturated carbocycles. The van der Waals surface area contributed by atoms with Gasteiger partial charge in [-0.3, -0.25) is 0 Å². The second kappa shape index (κ2) is 10.5. The van der Waals surface area contributed by atoms with E-state index in [4.69, 9.17) is 4.74 Å². The molecule has 0 unspecified atom stereocenters. The lowest BCUT2D eigenvalue weighted by atomic mass is 9.89. The van der Waals surface area contributed by atoms with Gasteiger partial charge in [0, 0.05) is 12.8 Å². The van der Waals surface area contributed by atoms with Crippen LogP contribution in [-0.2, 0) is 19.3 Å². The van der Waals surface area contributed by atoms with E-state index in [1.807, 2.05) is 0 Å². The Labute approximate surface area is 218 Å². The van der Waals surface area contributed by atoms with Crippen molar-refractivity contribution in [1.29, 1.82) is 0 Å². The van der Waals surface area contributed by atoms with E-state index >= 15 is 0 Å². The lowest BCUT2D eigenvalue weighted by Crippen LogP contribution is -2.08. The molecule has 0 bridgehead atoms. The van der Waals surface area contributed by atoms with E-state index in [-0.39, 0.29) is 13.2 Å². The second-order valence-electron chi connectivity index (χ2n) is 9.69. The number of aliphatic hydroxyl groups excluding tert-OH is 1. The first-order valence-electron chi connectivity index (χ1n) is 13.0. The topological polar surface area (TPSA) is 29.5 Å². The van der Waals surface area contributed by atoms with Crippen LogP contribution >= 0.6 is 0 Å². The molecule has 1 aliphatic rings. The first-order valence-corrected chi connectivity index (χ1v) is 13.0. The number of hydrogen-bond acceptors (Lipinski definition) is 2. The zero-order valence-corrected chi connectivity index (χ0v) is 20.9. The van der Waals surface area contributed by atoms with Gasteiger partial charge in [-0.05, 0) is 74.2 Å². The van der Waals surface area contributed by atoms with Crippen LogP contribution in [0.25, 0.3) is 22.3 Å². The molecule has 5 aromatic rings. The van der Waals surface area contributed by atoms with E-state index in [1.165, 1.54) is 44.5 Å². The molecular formula is C35H30O2. The third kappa shape index (κ3) is 4.81. The zero-order valence-electron chi connectivity index (χ0n) is 20.9. The van der Waals surface area contributed by atoms with Crippen molar-refractivity contribution < 1.29 is 9.84 Å². The Kier molecular flexibility index (Phi) is 6.58. The molecule has 0 radical (unpaired) electrons. The van der Waals surface area contributed by atoms with E-state index in [1.54, 1.807) is 0 Å². The predicted molar refractivity (Wildman–Crippen MR) is 151 cm³/mol. The highest BCUT2D eigenvalue weighted by Crippen LogP contribution is 2.43. The van der Waals surface area contributed by atoms with Gasteiger partial charge < -0.3 is 9.84 Å². The summed E-state index contributed by atoms with van der Waals surface area (Å²) in [5, 5.41) is 9.59. The Morgan fingerprint density at radius 1 is 0.595 bits per heavy atom. The molecule has 182 valence electrons. The lowest BCUT2D eigenvalue weighted by Gasteiger charge is -2.19. The first-order chi connectivity index (χ1) is 18.3. The number of fused-ring (bicyclic) bond motifs is 3. The Balaban J connectivity index is 1.51. The molecule has 0 aliphatic heterocycles. The minimum Gasteiger partial charge on any atom is -0.491 e. The van der Waals surface area contributed by atoms with E-state index < -0.39 is 0 Å². The van der Waals surface area contributed by atoms with E-state index in [0.717, 1.165) is 36.1 Å². The van der Waals surface area contributed by atoms with Gasteiger partial charge in [-0.2, -0.15) is 0 Å². The fraction of sp³-hybridized carbons (Fsp3) is 0.143. The fourth-order valence-electron chi connectivity index (χ4n) is 5.56. The van der Waals surface area contributed by atoms with E-state index in [9.17, 15) is 5.11 Å². The fourth-order valence-corrected chi connectivity index (χ4v) is 5.56. The van der Waals surface area contributed by atoms with Gasteiger partial charge in [-0.1, -0.05) is 103 Å². The number of benzene rings is 5. The molecule has 2 heteroatoms. The van der Waals surface area contributed by atoms with Crippen LogP contribution in [0.2, 0.25) is 0 Å².